The zero-order valence-electron chi connectivity index (χ0n) is 7.42. The monoisotopic (exact) mass is 163 g/mol. The summed E-state index contributed by atoms with van der Waals surface area (Å²) in [6.45, 7) is 4.29. The number of hydrogen-bond acceptors (Lipinski definition) is 1. The van der Waals surface area contributed by atoms with Gasteiger partial charge in [-0.1, -0.05) is 13.8 Å². The summed E-state index contributed by atoms with van der Waals surface area (Å²) in [5.74, 6) is 0.948. The molecule has 2 rings (SSSR count). The molecule has 0 saturated carbocycles. The van der Waals surface area contributed by atoms with Crippen LogP contribution in [0.1, 0.15) is 43.4 Å². The van der Waals surface area contributed by atoms with Crippen molar-refractivity contribution in [3.05, 3.63) is 33.7 Å². The summed E-state index contributed by atoms with van der Waals surface area (Å²) in [7, 11) is 0. The lowest BCUT2D eigenvalue weighted by molar-refractivity contribution is 0.654. The topological polar surface area (TPSA) is 32.9 Å². The van der Waals surface area contributed by atoms with E-state index in [9.17, 15) is 4.79 Å². The highest BCUT2D eigenvalue weighted by molar-refractivity contribution is 5.31. The molecule has 64 valence electrons. The van der Waals surface area contributed by atoms with E-state index < -0.39 is 0 Å². The van der Waals surface area contributed by atoms with Crippen molar-refractivity contribution in [2.45, 2.75) is 32.1 Å². The highest BCUT2D eigenvalue weighted by Gasteiger charge is 2.27. The standard InChI is InChI=1S/C10H13NO/c1-6-5-7(2)10-9(6)8(12)3-4-11-10/h3-4,6-7H,5H2,1-2H3,(H,11,12). The molecule has 0 bridgehead atoms. The third-order valence-corrected chi connectivity index (χ3v) is 2.72. The molecule has 2 atom stereocenters. The predicted molar refractivity (Wildman–Crippen MR) is 48.5 cm³/mol. The first-order chi connectivity index (χ1) is 5.70. The van der Waals surface area contributed by atoms with Crippen LogP contribution >= 0.6 is 0 Å². The molecule has 0 amide bonds. The van der Waals surface area contributed by atoms with Crippen molar-refractivity contribution < 1.29 is 0 Å². The molecule has 2 nitrogen and oxygen atoms in total. The van der Waals surface area contributed by atoms with Crippen molar-refractivity contribution in [2.24, 2.45) is 0 Å². The lowest BCUT2D eigenvalue weighted by atomic mass is 10.1. The van der Waals surface area contributed by atoms with Gasteiger partial charge in [0.25, 0.3) is 0 Å². The molecule has 0 saturated heterocycles. The van der Waals surface area contributed by atoms with Gasteiger partial charge >= 0.3 is 0 Å². The fourth-order valence-corrected chi connectivity index (χ4v) is 2.19. The second kappa shape index (κ2) is 2.47. The van der Waals surface area contributed by atoms with Crippen LogP contribution in [0.3, 0.4) is 0 Å². The van der Waals surface area contributed by atoms with E-state index in [1.165, 1.54) is 0 Å². The van der Waals surface area contributed by atoms with Crippen LogP contribution in [0, 0.1) is 0 Å². The lowest BCUT2D eigenvalue weighted by Crippen LogP contribution is -2.09. The summed E-state index contributed by atoms with van der Waals surface area (Å²) >= 11 is 0. The molecular weight excluding hydrogens is 150 g/mol. The summed E-state index contributed by atoms with van der Waals surface area (Å²) < 4.78 is 0. The molecule has 0 fully saturated rings. The van der Waals surface area contributed by atoms with Crippen LogP contribution in [0.5, 0.6) is 0 Å². The van der Waals surface area contributed by atoms with E-state index in [-0.39, 0.29) is 5.43 Å². The fraction of sp³-hybridized carbons (Fsp3) is 0.500. The molecule has 2 heteroatoms. The van der Waals surface area contributed by atoms with Crippen molar-refractivity contribution in [3.8, 4) is 0 Å². The van der Waals surface area contributed by atoms with Crippen molar-refractivity contribution in [3.63, 3.8) is 0 Å². The zero-order valence-corrected chi connectivity index (χ0v) is 7.42. The van der Waals surface area contributed by atoms with Gasteiger partial charge in [0, 0.05) is 23.5 Å². The minimum absolute atomic E-state index is 0.195. The minimum Gasteiger partial charge on any atom is -0.364 e. The zero-order chi connectivity index (χ0) is 8.72. The van der Waals surface area contributed by atoms with Crippen molar-refractivity contribution in [1.82, 2.24) is 4.98 Å². The molecule has 1 aliphatic carbocycles. The Bertz CT molecular complexity index is 353. The molecule has 0 radical (unpaired) electrons. The summed E-state index contributed by atoms with van der Waals surface area (Å²) in [5.41, 5.74) is 2.35. The van der Waals surface area contributed by atoms with Gasteiger partial charge in [-0.25, -0.2) is 0 Å². The summed E-state index contributed by atoms with van der Waals surface area (Å²) in [4.78, 5) is 14.6. The highest BCUT2D eigenvalue weighted by Crippen LogP contribution is 2.37. The van der Waals surface area contributed by atoms with E-state index in [1.807, 2.05) is 0 Å². The highest BCUT2D eigenvalue weighted by atomic mass is 16.1. The largest absolute Gasteiger partial charge is 0.364 e. The first-order valence-electron chi connectivity index (χ1n) is 4.41. The van der Waals surface area contributed by atoms with Gasteiger partial charge in [0.05, 0.1) is 0 Å². The Morgan fingerprint density at radius 1 is 1.42 bits per heavy atom. The van der Waals surface area contributed by atoms with Crippen LogP contribution in [0.15, 0.2) is 17.1 Å². The summed E-state index contributed by atoms with van der Waals surface area (Å²) in [5, 5.41) is 0. The van der Waals surface area contributed by atoms with E-state index in [4.69, 9.17) is 0 Å². The normalized spacial score (nSPS) is 27.2. The third kappa shape index (κ3) is 0.909. The maximum absolute atomic E-state index is 11.4. The molecule has 0 spiro atoms. The number of H-pyrrole nitrogens is 1. The van der Waals surface area contributed by atoms with Crippen LogP contribution in [0.2, 0.25) is 0 Å². The minimum atomic E-state index is 0.195. The maximum atomic E-state index is 11.4. The molecule has 1 N–H and O–H groups in total. The summed E-state index contributed by atoms with van der Waals surface area (Å²) in [6.07, 6.45) is 2.85. The predicted octanol–water partition coefficient (Wildman–Crippen LogP) is 1.99. The number of rotatable bonds is 0. The van der Waals surface area contributed by atoms with Gasteiger partial charge in [-0.3, -0.25) is 4.79 Å². The lowest BCUT2D eigenvalue weighted by Gasteiger charge is -2.01. The Morgan fingerprint density at radius 2 is 2.17 bits per heavy atom. The van der Waals surface area contributed by atoms with E-state index in [0.717, 1.165) is 17.7 Å². The van der Waals surface area contributed by atoms with Crippen LogP contribution in [0.25, 0.3) is 0 Å². The van der Waals surface area contributed by atoms with E-state index in [1.54, 1.807) is 12.3 Å². The molecule has 1 aliphatic rings. The number of pyridine rings is 1. The van der Waals surface area contributed by atoms with E-state index in [0.29, 0.717) is 11.8 Å². The number of aromatic amines is 1. The molecule has 12 heavy (non-hydrogen) atoms. The quantitative estimate of drug-likeness (QED) is 0.623. The van der Waals surface area contributed by atoms with E-state index in [2.05, 4.69) is 18.8 Å². The molecule has 2 unspecified atom stereocenters. The van der Waals surface area contributed by atoms with Gasteiger partial charge in [0.1, 0.15) is 0 Å². The molecule has 1 aromatic heterocycles. The van der Waals surface area contributed by atoms with Crippen LogP contribution in [-0.4, -0.2) is 4.98 Å². The van der Waals surface area contributed by atoms with Crippen molar-refractivity contribution in [1.29, 1.82) is 0 Å². The molecule has 0 aromatic carbocycles. The first kappa shape index (κ1) is 7.59. The molecule has 0 aliphatic heterocycles. The van der Waals surface area contributed by atoms with Gasteiger partial charge < -0.3 is 4.98 Å². The maximum Gasteiger partial charge on any atom is 0.185 e. The first-order valence-corrected chi connectivity index (χ1v) is 4.41. The van der Waals surface area contributed by atoms with Crippen LogP contribution in [0.4, 0.5) is 0 Å². The Balaban J connectivity index is 2.67. The Morgan fingerprint density at radius 3 is 2.83 bits per heavy atom. The van der Waals surface area contributed by atoms with Gasteiger partial charge in [-0.05, 0) is 18.3 Å². The van der Waals surface area contributed by atoms with Gasteiger partial charge in [0.2, 0.25) is 0 Å². The van der Waals surface area contributed by atoms with Gasteiger partial charge in [-0.15, -0.1) is 0 Å². The number of aromatic nitrogens is 1. The Hall–Kier alpha value is -1.05. The number of nitrogens with one attached hydrogen (secondary N) is 1. The second-order valence-corrected chi connectivity index (χ2v) is 3.71. The average Bonchev–Trinajstić information content (AvgIpc) is 2.29. The SMILES string of the molecule is CC1CC(C)c2c1[nH]ccc2=O. The smallest absolute Gasteiger partial charge is 0.185 e. The second-order valence-electron chi connectivity index (χ2n) is 3.71. The number of fused-ring (bicyclic) bond motifs is 1. The van der Waals surface area contributed by atoms with Crippen LogP contribution < -0.4 is 5.43 Å². The van der Waals surface area contributed by atoms with Crippen LogP contribution in [-0.2, 0) is 0 Å². The molecular formula is C10H13NO. The average molecular weight is 163 g/mol. The fourth-order valence-electron chi connectivity index (χ4n) is 2.19. The van der Waals surface area contributed by atoms with Crippen molar-refractivity contribution in [2.75, 3.05) is 0 Å². The van der Waals surface area contributed by atoms with Crippen molar-refractivity contribution >= 4 is 0 Å². The van der Waals surface area contributed by atoms with Gasteiger partial charge in [0.15, 0.2) is 5.43 Å². The Labute approximate surface area is 71.6 Å². The molecule has 1 heterocycles. The Kier molecular flexibility index (Phi) is 1.56. The van der Waals surface area contributed by atoms with E-state index >= 15 is 0 Å². The third-order valence-electron chi connectivity index (χ3n) is 2.72. The molecule has 1 aromatic rings. The number of hydrogen-bond donors (Lipinski definition) is 1. The summed E-state index contributed by atoms with van der Waals surface area (Å²) in [6, 6.07) is 1.62. The van der Waals surface area contributed by atoms with Gasteiger partial charge in [-0.2, -0.15) is 0 Å².